The molecule has 2 heterocycles. The van der Waals surface area contributed by atoms with Crippen LogP contribution < -0.4 is 4.74 Å². The van der Waals surface area contributed by atoms with E-state index in [0.717, 1.165) is 19.3 Å². The molecule has 1 atom stereocenters. The van der Waals surface area contributed by atoms with E-state index in [-0.39, 0.29) is 30.0 Å². The average molecular weight is 372 g/mol. The van der Waals surface area contributed by atoms with Gasteiger partial charge in [0.15, 0.2) is 17.2 Å². The Morgan fingerprint density at radius 1 is 1.26 bits per heavy atom. The van der Waals surface area contributed by atoms with Gasteiger partial charge in [-0.2, -0.15) is 0 Å². The lowest BCUT2D eigenvalue weighted by Gasteiger charge is -2.34. The predicted octanol–water partition coefficient (Wildman–Crippen LogP) is 3.10. The summed E-state index contributed by atoms with van der Waals surface area (Å²) >= 11 is 0. The molecular formula is C20H24N2O5. The lowest BCUT2D eigenvalue weighted by Crippen LogP contribution is -2.46. The summed E-state index contributed by atoms with van der Waals surface area (Å²) in [6, 6.07) is 8.56. The number of rotatable bonds is 7. The van der Waals surface area contributed by atoms with Gasteiger partial charge in [0.1, 0.15) is 12.4 Å². The number of carbonyl (C=O) groups is 2. The van der Waals surface area contributed by atoms with E-state index in [2.05, 4.69) is 5.16 Å². The number of aromatic nitrogens is 1. The monoisotopic (exact) mass is 372 g/mol. The number of benzene rings is 1. The summed E-state index contributed by atoms with van der Waals surface area (Å²) in [7, 11) is 1.64. The highest BCUT2D eigenvalue weighted by molar-refractivity contribution is 5.94. The molecule has 1 aliphatic heterocycles. The first kappa shape index (κ1) is 19.1. The molecule has 2 aromatic rings. The van der Waals surface area contributed by atoms with Crippen molar-refractivity contribution in [3.8, 4) is 5.75 Å². The third-order valence-corrected chi connectivity index (χ3v) is 4.67. The molecule has 0 spiro atoms. The van der Waals surface area contributed by atoms with Crippen molar-refractivity contribution >= 4 is 11.7 Å². The molecule has 1 unspecified atom stereocenters. The van der Waals surface area contributed by atoms with E-state index < -0.39 is 0 Å². The number of nitrogens with zero attached hydrogens (tertiary/aromatic N) is 2. The summed E-state index contributed by atoms with van der Waals surface area (Å²) in [5.41, 5.74) is 0.908. The first-order valence-corrected chi connectivity index (χ1v) is 9.08. The zero-order valence-corrected chi connectivity index (χ0v) is 15.6. The van der Waals surface area contributed by atoms with E-state index in [4.69, 9.17) is 14.0 Å². The van der Waals surface area contributed by atoms with Crippen molar-refractivity contribution in [2.24, 2.45) is 0 Å². The lowest BCUT2D eigenvalue weighted by atomic mass is 10.0. The quantitative estimate of drug-likeness (QED) is 0.695. The third kappa shape index (κ3) is 4.74. The maximum Gasteiger partial charge on any atom is 0.276 e. The van der Waals surface area contributed by atoms with Crippen molar-refractivity contribution in [2.45, 2.75) is 38.8 Å². The van der Waals surface area contributed by atoms with Crippen molar-refractivity contribution in [1.29, 1.82) is 0 Å². The molecule has 27 heavy (non-hydrogen) atoms. The van der Waals surface area contributed by atoms with Crippen molar-refractivity contribution in [3.05, 3.63) is 47.3 Å². The summed E-state index contributed by atoms with van der Waals surface area (Å²) in [5, 5.41) is 3.90. The molecule has 1 aromatic heterocycles. The first-order valence-electron chi connectivity index (χ1n) is 9.08. The molecule has 0 radical (unpaired) electrons. The van der Waals surface area contributed by atoms with Gasteiger partial charge in [0.2, 0.25) is 0 Å². The van der Waals surface area contributed by atoms with Gasteiger partial charge in [-0.3, -0.25) is 9.59 Å². The van der Waals surface area contributed by atoms with Gasteiger partial charge >= 0.3 is 0 Å². The summed E-state index contributed by atoms with van der Waals surface area (Å²) in [6.07, 6.45) is 3.01. The van der Waals surface area contributed by atoms with Crippen LogP contribution in [0.5, 0.6) is 5.75 Å². The molecule has 7 heteroatoms. The summed E-state index contributed by atoms with van der Waals surface area (Å²) in [6.45, 7) is 2.90. The second kappa shape index (κ2) is 8.81. The number of ketones is 1. The van der Waals surface area contributed by atoms with Crippen LogP contribution in [0.3, 0.4) is 0 Å². The Balaban J connectivity index is 1.60. The Bertz CT molecular complexity index is 782. The Labute approximate surface area is 158 Å². The van der Waals surface area contributed by atoms with Crippen molar-refractivity contribution in [1.82, 2.24) is 10.1 Å². The first-order chi connectivity index (χ1) is 13.1. The minimum absolute atomic E-state index is 0.00410. The lowest BCUT2D eigenvalue weighted by molar-refractivity contribution is 0.0419. The van der Waals surface area contributed by atoms with E-state index in [1.54, 1.807) is 37.4 Å². The number of hydrogen-bond acceptors (Lipinski definition) is 6. The maximum atomic E-state index is 12.7. The van der Waals surface area contributed by atoms with Crippen LogP contribution in [0.2, 0.25) is 0 Å². The van der Waals surface area contributed by atoms with Gasteiger partial charge in [0.25, 0.3) is 5.91 Å². The molecule has 0 saturated carbocycles. The van der Waals surface area contributed by atoms with Gasteiger partial charge in [0.05, 0.1) is 12.6 Å². The van der Waals surface area contributed by atoms with Crippen LogP contribution >= 0.6 is 0 Å². The Morgan fingerprint density at radius 3 is 2.74 bits per heavy atom. The molecule has 3 rings (SSSR count). The fourth-order valence-corrected chi connectivity index (χ4v) is 3.20. The highest BCUT2D eigenvalue weighted by atomic mass is 16.5. The number of likely N-dealkylation sites (tertiary alicyclic amines) is 1. The molecule has 0 N–H and O–H groups in total. The van der Waals surface area contributed by atoms with Crippen LogP contribution in [0.1, 0.15) is 52.8 Å². The van der Waals surface area contributed by atoms with Crippen molar-refractivity contribution in [3.63, 3.8) is 0 Å². The number of piperidine rings is 1. The number of amides is 1. The van der Waals surface area contributed by atoms with Crippen LogP contribution in [-0.2, 0) is 11.3 Å². The molecule has 144 valence electrons. The van der Waals surface area contributed by atoms with Gasteiger partial charge in [-0.25, -0.2) is 0 Å². The minimum atomic E-state index is -0.141. The van der Waals surface area contributed by atoms with Crippen LogP contribution in [0, 0.1) is 0 Å². The van der Waals surface area contributed by atoms with Gasteiger partial charge < -0.3 is 18.9 Å². The van der Waals surface area contributed by atoms with Gasteiger partial charge in [0, 0.05) is 25.3 Å². The van der Waals surface area contributed by atoms with Crippen LogP contribution in [0.15, 0.2) is 34.9 Å². The van der Waals surface area contributed by atoms with Gasteiger partial charge in [-0.1, -0.05) is 5.16 Å². The van der Waals surface area contributed by atoms with Crippen LogP contribution in [0.4, 0.5) is 0 Å². The maximum absolute atomic E-state index is 12.7. The second-order valence-electron chi connectivity index (χ2n) is 6.65. The molecule has 1 saturated heterocycles. The normalized spacial score (nSPS) is 17.0. The number of hydrogen-bond donors (Lipinski definition) is 0. The Hall–Kier alpha value is -2.67. The SMILES string of the molecule is COCC1CCCCN1C(=O)c1cc(COc2ccc(C(C)=O)cc2)on1. The molecule has 0 bridgehead atoms. The number of Topliss-reactive ketones (excluding diaryl/α,β-unsaturated/α-hetero) is 1. The van der Waals surface area contributed by atoms with E-state index in [9.17, 15) is 9.59 Å². The zero-order chi connectivity index (χ0) is 19.2. The number of methoxy groups -OCH3 is 1. The molecule has 0 aliphatic carbocycles. The molecule has 1 aliphatic rings. The van der Waals surface area contributed by atoms with Crippen LogP contribution in [0.25, 0.3) is 0 Å². The zero-order valence-electron chi connectivity index (χ0n) is 15.6. The molecule has 1 aromatic carbocycles. The van der Waals surface area contributed by atoms with E-state index in [1.165, 1.54) is 6.92 Å². The standard InChI is InChI=1S/C20H24N2O5/c1-14(23)15-6-8-17(9-7-15)26-13-18-11-19(21-27-18)20(24)22-10-4-3-5-16(22)12-25-2/h6-9,11,16H,3-5,10,12-13H2,1-2H3. The average Bonchev–Trinajstić information content (AvgIpc) is 3.16. The largest absolute Gasteiger partial charge is 0.486 e. The van der Waals surface area contributed by atoms with E-state index in [0.29, 0.717) is 30.2 Å². The van der Waals surface area contributed by atoms with Gasteiger partial charge in [-0.15, -0.1) is 0 Å². The molecule has 1 fully saturated rings. The number of ether oxygens (including phenoxy) is 2. The third-order valence-electron chi connectivity index (χ3n) is 4.67. The summed E-state index contributed by atoms with van der Waals surface area (Å²) in [4.78, 5) is 25.9. The highest BCUT2D eigenvalue weighted by Crippen LogP contribution is 2.21. The van der Waals surface area contributed by atoms with Crippen molar-refractivity contribution < 1.29 is 23.6 Å². The Morgan fingerprint density at radius 2 is 2.04 bits per heavy atom. The molecule has 1 amide bonds. The van der Waals surface area contributed by atoms with E-state index >= 15 is 0 Å². The minimum Gasteiger partial charge on any atom is -0.486 e. The topological polar surface area (TPSA) is 81.9 Å². The predicted molar refractivity (Wildman–Crippen MR) is 97.8 cm³/mol. The summed E-state index contributed by atoms with van der Waals surface area (Å²) < 4.78 is 16.1. The van der Waals surface area contributed by atoms with Gasteiger partial charge in [-0.05, 0) is 50.5 Å². The fraction of sp³-hybridized carbons (Fsp3) is 0.450. The molecular weight excluding hydrogens is 348 g/mol. The number of carbonyl (C=O) groups excluding carboxylic acids is 2. The molecule has 7 nitrogen and oxygen atoms in total. The van der Waals surface area contributed by atoms with Crippen molar-refractivity contribution in [2.75, 3.05) is 20.3 Å². The summed E-state index contributed by atoms with van der Waals surface area (Å²) in [5.74, 6) is 0.941. The Kier molecular flexibility index (Phi) is 6.24. The highest BCUT2D eigenvalue weighted by Gasteiger charge is 2.29. The van der Waals surface area contributed by atoms with Crippen LogP contribution in [-0.4, -0.2) is 48.1 Å². The second-order valence-corrected chi connectivity index (χ2v) is 6.65. The fourth-order valence-electron chi connectivity index (χ4n) is 3.20. The smallest absolute Gasteiger partial charge is 0.276 e. The van der Waals surface area contributed by atoms with E-state index in [1.807, 2.05) is 4.90 Å².